The summed E-state index contributed by atoms with van der Waals surface area (Å²) in [5.74, 6) is 2.54. The van der Waals surface area contributed by atoms with Crippen molar-refractivity contribution in [2.75, 3.05) is 12.4 Å². The molecule has 6 rings (SSSR count). The number of halogens is 1. The van der Waals surface area contributed by atoms with Crippen molar-refractivity contribution < 1.29 is 9.18 Å². The summed E-state index contributed by atoms with van der Waals surface area (Å²) in [7, 11) is 1.96. The van der Waals surface area contributed by atoms with Gasteiger partial charge in [-0.05, 0) is 62.8 Å². The Kier molecular flexibility index (Phi) is 7.29. The van der Waals surface area contributed by atoms with Gasteiger partial charge in [-0.25, -0.2) is 9.37 Å². The number of carbonyl (C=O) groups is 1. The first-order valence-electron chi connectivity index (χ1n) is 14.6. The molecule has 9 heteroatoms. The molecule has 2 fully saturated rings. The third-order valence-electron chi connectivity index (χ3n) is 9.00. The van der Waals surface area contributed by atoms with Gasteiger partial charge in [-0.2, -0.15) is 5.10 Å². The zero-order chi connectivity index (χ0) is 27.8. The van der Waals surface area contributed by atoms with Crippen LogP contribution in [0.25, 0.3) is 16.9 Å². The Morgan fingerprint density at radius 1 is 1.12 bits per heavy atom. The monoisotopic (exact) mass is 543 g/mol. The van der Waals surface area contributed by atoms with Crippen LogP contribution in [0.1, 0.15) is 86.1 Å². The molecule has 2 aliphatic rings. The molecule has 0 radical (unpaired) electrons. The molecule has 2 aliphatic carbocycles. The number of aromatic nitrogens is 5. The lowest BCUT2D eigenvalue weighted by Crippen LogP contribution is -2.41. The Balaban J connectivity index is 1.30. The third kappa shape index (κ3) is 5.21. The fourth-order valence-corrected chi connectivity index (χ4v) is 6.76. The molecule has 0 spiro atoms. The van der Waals surface area contributed by atoms with Crippen LogP contribution in [-0.2, 0) is 0 Å². The molecule has 0 aliphatic heterocycles. The molecule has 4 heterocycles. The van der Waals surface area contributed by atoms with E-state index in [0.717, 1.165) is 35.8 Å². The van der Waals surface area contributed by atoms with E-state index in [4.69, 9.17) is 4.98 Å². The molecular weight excluding hydrogens is 505 g/mol. The van der Waals surface area contributed by atoms with E-state index in [9.17, 15) is 9.18 Å². The van der Waals surface area contributed by atoms with Crippen LogP contribution >= 0.6 is 0 Å². The Bertz CT molecular complexity index is 1490. The highest BCUT2D eigenvalue weighted by Crippen LogP contribution is 2.40. The van der Waals surface area contributed by atoms with Crippen LogP contribution in [0.4, 0.5) is 10.2 Å². The Morgan fingerprint density at radius 3 is 2.65 bits per heavy atom. The molecule has 40 heavy (non-hydrogen) atoms. The SMILES string of the molecule is Cc1cc(-n2cc(C(=O)N(C)C3CCCC(C4CCCC4)C3)c3ccc(N[C@@H](C)c4ccc(F)cn4)nc32)n[nH]1. The first kappa shape index (κ1) is 26.5. The van der Waals surface area contributed by atoms with E-state index in [1.807, 2.05) is 54.8 Å². The fraction of sp³-hybridized carbons (Fsp3) is 0.484. The van der Waals surface area contributed by atoms with Crippen LogP contribution in [0.2, 0.25) is 0 Å². The van der Waals surface area contributed by atoms with E-state index < -0.39 is 0 Å². The zero-order valence-electron chi connectivity index (χ0n) is 23.5. The minimum absolute atomic E-state index is 0.0273. The van der Waals surface area contributed by atoms with Gasteiger partial charge in [-0.15, -0.1) is 0 Å². The first-order valence-corrected chi connectivity index (χ1v) is 14.6. The number of aryl methyl sites for hydroxylation is 1. The van der Waals surface area contributed by atoms with Crippen molar-refractivity contribution in [3.05, 3.63) is 65.5 Å². The van der Waals surface area contributed by atoms with E-state index in [2.05, 4.69) is 20.5 Å². The van der Waals surface area contributed by atoms with Gasteiger partial charge in [0.2, 0.25) is 0 Å². The third-order valence-corrected chi connectivity index (χ3v) is 9.00. The second-order valence-corrected chi connectivity index (χ2v) is 11.7. The standard InChI is InChI=1S/C31H38FN7O/c1-19-15-29(37-36-19)39-18-26(31(40)38(3)24-10-6-9-22(16-24)21-7-4-5-8-21)25-12-14-28(35-30(25)39)34-20(2)27-13-11-23(32)17-33-27/h11-15,17-18,20-22,24H,4-10,16H2,1-3H3,(H,34,35)(H,36,37)/t20-,22?,24?/m0/s1. The van der Waals surface area contributed by atoms with Crippen molar-refractivity contribution in [3.8, 4) is 5.82 Å². The largest absolute Gasteiger partial charge is 0.362 e. The number of amides is 1. The van der Waals surface area contributed by atoms with E-state index in [-0.39, 0.29) is 23.8 Å². The van der Waals surface area contributed by atoms with Crippen molar-refractivity contribution in [1.29, 1.82) is 0 Å². The van der Waals surface area contributed by atoms with Crippen LogP contribution in [0.15, 0.2) is 42.7 Å². The molecule has 4 aromatic rings. The molecule has 0 bridgehead atoms. The molecule has 210 valence electrons. The summed E-state index contributed by atoms with van der Waals surface area (Å²) in [6.45, 7) is 3.90. The fourth-order valence-electron chi connectivity index (χ4n) is 6.76. The average Bonchev–Trinajstić information content (AvgIpc) is 3.73. The number of hydrogen-bond acceptors (Lipinski definition) is 5. The molecule has 2 saturated carbocycles. The van der Waals surface area contributed by atoms with Crippen LogP contribution in [-0.4, -0.2) is 48.6 Å². The molecule has 4 aromatic heterocycles. The van der Waals surface area contributed by atoms with Gasteiger partial charge < -0.3 is 10.2 Å². The van der Waals surface area contributed by atoms with E-state index in [1.165, 1.54) is 50.8 Å². The summed E-state index contributed by atoms with van der Waals surface area (Å²) in [6.07, 6.45) is 13.2. The van der Waals surface area contributed by atoms with Crippen molar-refractivity contribution in [2.45, 2.75) is 77.3 Å². The minimum atomic E-state index is -0.368. The van der Waals surface area contributed by atoms with E-state index in [1.54, 1.807) is 6.07 Å². The predicted octanol–water partition coefficient (Wildman–Crippen LogP) is 6.59. The van der Waals surface area contributed by atoms with Gasteiger partial charge in [-0.3, -0.25) is 19.4 Å². The molecular formula is C31H38FN7O. The summed E-state index contributed by atoms with van der Waals surface area (Å²) in [6, 6.07) is 8.92. The molecule has 0 saturated heterocycles. The zero-order valence-corrected chi connectivity index (χ0v) is 23.5. The maximum Gasteiger partial charge on any atom is 0.256 e. The number of pyridine rings is 2. The predicted molar refractivity (Wildman–Crippen MR) is 154 cm³/mol. The Hall–Kier alpha value is -3.75. The number of carbonyl (C=O) groups excluding carboxylic acids is 1. The maximum atomic E-state index is 14.0. The van der Waals surface area contributed by atoms with Gasteiger partial charge in [0.25, 0.3) is 5.91 Å². The van der Waals surface area contributed by atoms with E-state index in [0.29, 0.717) is 28.5 Å². The second kappa shape index (κ2) is 11.0. The number of rotatable bonds is 7. The lowest BCUT2D eigenvalue weighted by atomic mass is 9.76. The maximum absolute atomic E-state index is 14.0. The number of aromatic amines is 1. The van der Waals surface area contributed by atoms with Gasteiger partial charge in [-0.1, -0.05) is 38.5 Å². The summed E-state index contributed by atoms with van der Waals surface area (Å²) in [4.78, 5) is 25.1. The van der Waals surface area contributed by atoms with E-state index >= 15 is 0 Å². The van der Waals surface area contributed by atoms with Gasteiger partial charge in [0.15, 0.2) is 5.82 Å². The second-order valence-electron chi connectivity index (χ2n) is 11.7. The van der Waals surface area contributed by atoms with Crippen molar-refractivity contribution in [1.82, 2.24) is 29.6 Å². The lowest BCUT2D eigenvalue weighted by molar-refractivity contribution is 0.0638. The van der Waals surface area contributed by atoms with Crippen molar-refractivity contribution in [3.63, 3.8) is 0 Å². The first-order chi connectivity index (χ1) is 19.4. The van der Waals surface area contributed by atoms with Gasteiger partial charge in [0.05, 0.1) is 23.5 Å². The number of nitrogens with one attached hydrogen (secondary N) is 2. The molecule has 3 atom stereocenters. The summed E-state index contributed by atoms with van der Waals surface area (Å²) >= 11 is 0. The number of hydrogen-bond donors (Lipinski definition) is 2. The summed E-state index contributed by atoms with van der Waals surface area (Å²) in [5.41, 5.74) is 2.92. The van der Waals surface area contributed by atoms with Gasteiger partial charge in [0, 0.05) is 36.4 Å². The summed E-state index contributed by atoms with van der Waals surface area (Å²) < 4.78 is 15.2. The highest BCUT2D eigenvalue weighted by Gasteiger charge is 2.34. The highest BCUT2D eigenvalue weighted by atomic mass is 19.1. The van der Waals surface area contributed by atoms with Gasteiger partial charge >= 0.3 is 0 Å². The highest BCUT2D eigenvalue weighted by molar-refractivity contribution is 6.06. The quantitative estimate of drug-likeness (QED) is 0.275. The van der Waals surface area contributed by atoms with Crippen LogP contribution in [0.5, 0.6) is 0 Å². The van der Waals surface area contributed by atoms with Crippen LogP contribution in [0, 0.1) is 24.6 Å². The van der Waals surface area contributed by atoms with Crippen molar-refractivity contribution >= 4 is 22.8 Å². The Morgan fingerprint density at radius 2 is 1.93 bits per heavy atom. The molecule has 0 aromatic carbocycles. The lowest BCUT2D eigenvalue weighted by Gasteiger charge is -2.37. The molecule has 2 N–H and O–H groups in total. The number of anilines is 1. The number of nitrogens with zero attached hydrogens (tertiary/aromatic N) is 5. The summed E-state index contributed by atoms with van der Waals surface area (Å²) in [5, 5.41) is 11.6. The minimum Gasteiger partial charge on any atom is -0.362 e. The Labute approximate surface area is 234 Å². The molecule has 2 unspecified atom stereocenters. The smallest absolute Gasteiger partial charge is 0.256 e. The number of fused-ring (bicyclic) bond motifs is 1. The molecule has 8 nitrogen and oxygen atoms in total. The molecule has 1 amide bonds. The normalized spacial score (nSPS) is 20.6. The van der Waals surface area contributed by atoms with Crippen LogP contribution in [0.3, 0.4) is 0 Å². The average molecular weight is 544 g/mol. The number of H-pyrrole nitrogens is 1. The van der Waals surface area contributed by atoms with Crippen molar-refractivity contribution in [2.24, 2.45) is 11.8 Å². The van der Waals surface area contributed by atoms with Crippen LogP contribution < -0.4 is 5.32 Å². The topological polar surface area (TPSA) is 91.7 Å². The van der Waals surface area contributed by atoms with Gasteiger partial charge in [0.1, 0.15) is 17.3 Å².